The Hall–Kier alpha value is -1.70. The molecule has 0 saturated heterocycles. The van der Waals surface area contributed by atoms with Gasteiger partial charge in [-0.1, -0.05) is 19.8 Å². The molecule has 5 heteroatoms. The van der Waals surface area contributed by atoms with Gasteiger partial charge in [0, 0.05) is 6.04 Å². The Morgan fingerprint density at radius 1 is 1.37 bits per heavy atom. The van der Waals surface area contributed by atoms with Crippen LogP contribution in [0.25, 0.3) is 0 Å². The largest absolute Gasteiger partial charge is 0.416 e. The molecule has 0 amide bonds. The summed E-state index contributed by atoms with van der Waals surface area (Å²) >= 11 is 0. The number of nitrogens with one attached hydrogen (secondary N) is 1. The summed E-state index contributed by atoms with van der Waals surface area (Å²) in [7, 11) is 0. The number of hydrogen-bond acceptors (Lipinski definition) is 2. The molecule has 0 aliphatic rings. The zero-order valence-electron chi connectivity index (χ0n) is 11.0. The summed E-state index contributed by atoms with van der Waals surface area (Å²) in [5.74, 6) is 0. The fourth-order valence-corrected chi connectivity index (χ4v) is 1.79. The second-order valence-electron chi connectivity index (χ2n) is 4.56. The van der Waals surface area contributed by atoms with E-state index in [1.54, 1.807) is 0 Å². The summed E-state index contributed by atoms with van der Waals surface area (Å²) in [5, 5.41) is 12.0. The van der Waals surface area contributed by atoms with E-state index < -0.39 is 11.7 Å². The van der Waals surface area contributed by atoms with Crippen LogP contribution in [0.4, 0.5) is 18.9 Å². The van der Waals surface area contributed by atoms with E-state index in [4.69, 9.17) is 5.26 Å². The van der Waals surface area contributed by atoms with Crippen molar-refractivity contribution < 1.29 is 13.2 Å². The van der Waals surface area contributed by atoms with Crippen LogP contribution >= 0.6 is 0 Å². The van der Waals surface area contributed by atoms with Gasteiger partial charge in [0.25, 0.3) is 0 Å². The highest BCUT2D eigenvalue weighted by molar-refractivity contribution is 5.59. The fourth-order valence-electron chi connectivity index (χ4n) is 1.79. The van der Waals surface area contributed by atoms with Gasteiger partial charge in [0.05, 0.1) is 16.8 Å². The Balaban J connectivity index is 2.89. The van der Waals surface area contributed by atoms with Crippen LogP contribution in [0.3, 0.4) is 0 Å². The predicted octanol–water partition coefficient (Wildman–Crippen LogP) is 4.57. The first-order chi connectivity index (χ1) is 8.88. The highest BCUT2D eigenvalue weighted by Gasteiger charge is 2.31. The van der Waals surface area contributed by atoms with Crippen LogP contribution in [0.15, 0.2) is 18.2 Å². The summed E-state index contributed by atoms with van der Waals surface area (Å²) in [4.78, 5) is 0. The highest BCUT2D eigenvalue weighted by atomic mass is 19.4. The maximum absolute atomic E-state index is 12.5. The lowest BCUT2D eigenvalue weighted by Crippen LogP contribution is -2.16. The third kappa shape index (κ3) is 4.47. The number of alkyl halides is 3. The van der Waals surface area contributed by atoms with Gasteiger partial charge in [-0.05, 0) is 31.5 Å². The minimum absolute atomic E-state index is 0.0261. The summed E-state index contributed by atoms with van der Waals surface area (Å²) in [5.41, 5.74) is -0.312. The van der Waals surface area contributed by atoms with Gasteiger partial charge in [-0.15, -0.1) is 0 Å². The molecule has 0 spiro atoms. The van der Waals surface area contributed by atoms with Gasteiger partial charge in [0.2, 0.25) is 0 Å². The Morgan fingerprint density at radius 2 is 2.05 bits per heavy atom. The lowest BCUT2D eigenvalue weighted by Gasteiger charge is -2.17. The quantitative estimate of drug-likeness (QED) is 0.850. The molecule has 1 aromatic rings. The molecule has 2 nitrogen and oxygen atoms in total. The van der Waals surface area contributed by atoms with E-state index in [1.807, 2.05) is 13.0 Å². The zero-order chi connectivity index (χ0) is 14.5. The Labute approximate surface area is 111 Å². The molecule has 0 bridgehead atoms. The number of nitrogens with zero attached hydrogens (tertiary/aromatic N) is 1. The van der Waals surface area contributed by atoms with Crippen molar-refractivity contribution in [2.24, 2.45) is 0 Å². The first-order valence-electron chi connectivity index (χ1n) is 6.26. The molecule has 0 aliphatic carbocycles. The minimum Gasteiger partial charge on any atom is -0.382 e. The normalized spacial score (nSPS) is 12.8. The first kappa shape index (κ1) is 15.4. The van der Waals surface area contributed by atoms with Crippen molar-refractivity contribution in [2.45, 2.75) is 45.3 Å². The number of anilines is 1. The Kier molecular flexibility index (Phi) is 5.22. The van der Waals surface area contributed by atoms with Crippen LogP contribution in [-0.4, -0.2) is 6.04 Å². The molecule has 19 heavy (non-hydrogen) atoms. The molecule has 104 valence electrons. The average Bonchev–Trinajstić information content (AvgIpc) is 2.35. The number of rotatable bonds is 5. The summed E-state index contributed by atoms with van der Waals surface area (Å²) in [6.45, 7) is 4.03. The third-order valence-electron chi connectivity index (χ3n) is 2.86. The monoisotopic (exact) mass is 270 g/mol. The van der Waals surface area contributed by atoms with Crippen LogP contribution in [0.5, 0.6) is 0 Å². The van der Waals surface area contributed by atoms with Gasteiger partial charge in [-0.2, -0.15) is 18.4 Å². The van der Waals surface area contributed by atoms with Gasteiger partial charge in [0.15, 0.2) is 0 Å². The van der Waals surface area contributed by atoms with E-state index in [-0.39, 0.29) is 11.6 Å². The Bertz CT molecular complexity index is 461. The molecule has 0 fully saturated rings. The molecule has 0 saturated carbocycles. The molecule has 0 radical (unpaired) electrons. The first-order valence-corrected chi connectivity index (χ1v) is 6.26. The second kappa shape index (κ2) is 6.46. The standard InChI is InChI=1S/C14H17F3N2/c1-3-4-5-10(2)19-13-7-6-12(14(15,16)17)8-11(13)9-18/h6-8,10,19H,3-5H2,1-2H3. The minimum atomic E-state index is -4.42. The van der Waals surface area contributed by atoms with Crippen LogP contribution in [0, 0.1) is 11.3 Å². The molecule has 1 N–H and O–H groups in total. The fraction of sp³-hybridized carbons (Fsp3) is 0.500. The van der Waals surface area contributed by atoms with Gasteiger partial charge in [-0.25, -0.2) is 0 Å². The van der Waals surface area contributed by atoms with E-state index in [9.17, 15) is 13.2 Å². The second-order valence-corrected chi connectivity index (χ2v) is 4.56. The van der Waals surface area contributed by atoms with E-state index in [2.05, 4.69) is 12.2 Å². The molecule has 1 unspecified atom stereocenters. The SMILES string of the molecule is CCCCC(C)Nc1ccc(C(F)(F)F)cc1C#N. The summed E-state index contributed by atoms with van der Waals surface area (Å²) in [6, 6.07) is 5.14. The molecule has 1 rings (SSSR count). The third-order valence-corrected chi connectivity index (χ3v) is 2.86. The van der Waals surface area contributed by atoms with E-state index in [0.717, 1.165) is 31.4 Å². The van der Waals surface area contributed by atoms with Crippen molar-refractivity contribution in [3.63, 3.8) is 0 Å². The molecule has 0 heterocycles. The zero-order valence-corrected chi connectivity index (χ0v) is 11.0. The topological polar surface area (TPSA) is 35.8 Å². The molecule has 0 aliphatic heterocycles. The average molecular weight is 270 g/mol. The summed E-state index contributed by atoms with van der Waals surface area (Å²) in [6.07, 6.45) is -1.40. The van der Waals surface area contributed by atoms with Crippen molar-refractivity contribution in [3.05, 3.63) is 29.3 Å². The maximum atomic E-state index is 12.5. The molecular weight excluding hydrogens is 253 g/mol. The molecule has 1 aromatic carbocycles. The molecule has 1 atom stereocenters. The number of hydrogen-bond donors (Lipinski definition) is 1. The maximum Gasteiger partial charge on any atom is 0.416 e. The predicted molar refractivity (Wildman–Crippen MR) is 68.8 cm³/mol. The smallest absolute Gasteiger partial charge is 0.382 e. The van der Waals surface area contributed by atoms with Crippen LogP contribution in [0.2, 0.25) is 0 Å². The van der Waals surface area contributed by atoms with Crippen molar-refractivity contribution in [3.8, 4) is 6.07 Å². The molecular formula is C14H17F3N2. The van der Waals surface area contributed by atoms with Gasteiger partial charge >= 0.3 is 6.18 Å². The van der Waals surface area contributed by atoms with Gasteiger partial charge in [0.1, 0.15) is 6.07 Å². The lowest BCUT2D eigenvalue weighted by atomic mass is 10.1. The number of nitriles is 1. The van der Waals surface area contributed by atoms with Crippen LogP contribution in [-0.2, 0) is 6.18 Å². The van der Waals surface area contributed by atoms with Crippen LogP contribution < -0.4 is 5.32 Å². The Morgan fingerprint density at radius 3 is 2.58 bits per heavy atom. The number of benzene rings is 1. The van der Waals surface area contributed by atoms with Gasteiger partial charge in [-0.3, -0.25) is 0 Å². The lowest BCUT2D eigenvalue weighted by molar-refractivity contribution is -0.137. The van der Waals surface area contributed by atoms with Crippen molar-refractivity contribution in [1.29, 1.82) is 5.26 Å². The van der Waals surface area contributed by atoms with E-state index in [1.165, 1.54) is 6.07 Å². The van der Waals surface area contributed by atoms with Gasteiger partial charge < -0.3 is 5.32 Å². The molecule has 0 aromatic heterocycles. The van der Waals surface area contributed by atoms with Crippen molar-refractivity contribution >= 4 is 5.69 Å². The van der Waals surface area contributed by atoms with Crippen molar-refractivity contribution in [1.82, 2.24) is 0 Å². The van der Waals surface area contributed by atoms with E-state index in [0.29, 0.717) is 5.69 Å². The van der Waals surface area contributed by atoms with Crippen molar-refractivity contribution in [2.75, 3.05) is 5.32 Å². The van der Waals surface area contributed by atoms with Crippen LogP contribution in [0.1, 0.15) is 44.2 Å². The highest BCUT2D eigenvalue weighted by Crippen LogP contribution is 2.31. The number of halogens is 3. The summed E-state index contributed by atoms with van der Waals surface area (Å²) < 4.78 is 37.6. The number of unbranched alkanes of at least 4 members (excludes halogenated alkanes) is 1. The van der Waals surface area contributed by atoms with E-state index >= 15 is 0 Å².